The molecule has 4 heterocycles. The Morgan fingerprint density at radius 3 is 3.09 bits per heavy atom. The van der Waals surface area contributed by atoms with E-state index in [-0.39, 0.29) is 0 Å². The molecule has 0 aliphatic carbocycles. The van der Waals surface area contributed by atoms with Gasteiger partial charge < -0.3 is 10.6 Å². The SMILES string of the molecule is Cc1cc2ncn(-c3cncc(NC4CCNC4)n3)c2cn1. The number of rotatable bonds is 3. The number of nitrogens with one attached hydrogen (secondary N) is 2. The number of fused-ring (bicyclic) bond motifs is 1. The lowest BCUT2D eigenvalue weighted by Crippen LogP contribution is -2.23. The highest BCUT2D eigenvalue weighted by Gasteiger charge is 2.15. The summed E-state index contributed by atoms with van der Waals surface area (Å²) >= 11 is 0. The molecule has 7 nitrogen and oxygen atoms in total. The minimum atomic E-state index is 0.411. The van der Waals surface area contributed by atoms with Gasteiger partial charge in [-0.2, -0.15) is 0 Å². The molecule has 1 atom stereocenters. The number of nitrogens with zero attached hydrogens (tertiary/aromatic N) is 5. The van der Waals surface area contributed by atoms with Gasteiger partial charge in [0.05, 0.1) is 29.6 Å². The smallest absolute Gasteiger partial charge is 0.159 e. The Bertz CT molecular complexity index is 805. The summed E-state index contributed by atoms with van der Waals surface area (Å²) in [6, 6.07) is 2.37. The summed E-state index contributed by atoms with van der Waals surface area (Å²) in [5.41, 5.74) is 2.79. The maximum Gasteiger partial charge on any atom is 0.159 e. The molecule has 3 aromatic heterocycles. The molecular formula is C15H17N7. The summed E-state index contributed by atoms with van der Waals surface area (Å²) in [6.07, 6.45) is 8.17. The molecule has 0 spiro atoms. The van der Waals surface area contributed by atoms with Gasteiger partial charge in [-0.15, -0.1) is 0 Å². The largest absolute Gasteiger partial charge is 0.365 e. The predicted molar refractivity (Wildman–Crippen MR) is 84.1 cm³/mol. The Morgan fingerprint density at radius 1 is 1.27 bits per heavy atom. The topological polar surface area (TPSA) is 80.5 Å². The van der Waals surface area contributed by atoms with Gasteiger partial charge in [0.25, 0.3) is 0 Å². The normalized spacial score (nSPS) is 18.0. The molecule has 0 bridgehead atoms. The van der Waals surface area contributed by atoms with E-state index >= 15 is 0 Å². The molecule has 2 N–H and O–H groups in total. The van der Waals surface area contributed by atoms with E-state index in [0.29, 0.717) is 6.04 Å². The van der Waals surface area contributed by atoms with Crippen molar-refractivity contribution < 1.29 is 0 Å². The average molecular weight is 295 g/mol. The summed E-state index contributed by atoms with van der Waals surface area (Å²) in [6.45, 7) is 3.96. The second-order valence-corrected chi connectivity index (χ2v) is 5.53. The molecule has 7 heteroatoms. The van der Waals surface area contributed by atoms with Gasteiger partial charge >= 0.3 is 0 Å². The van der Waals surface area contributed by atoms with Crippen molar-refractivity contribution in [1.29, 1.82) is 0 Å². The van der Waals surface area contributed by atoms with Crippen LogP contribution in [0.25, 0.3) is 16.9 Å². The third-order valence-corrected chi connectivity index (χ3v) is 3.85. The first kappa shape index (κ1) is 13.1. The van der Waals surface area contributed by atoms with Crippen LogP contribution in [0.15, 0.2) is 31.0 Å². The maximum atomic E-state index is 4.65. The molecule has 1 saturated heterocycles. The maximum absolute atomic E-state index is 4.65. The van der Waals surface area contributed by atoms with Crippen molar-refractivity contribution in [2.45, 2.75) is 19.4 Å². The molecule has 22 heavy (non-hydrogen) atoms. The van der Waals surface area contributed by atoms with Crippen LogP contribution < -0.4 is 10.6 Å². The monoisotopic (exact) mass is 295 g/mol. The highest BCUT2D eigenvalue weighted by atomic mass is 15.2. The minimum Gasteiger partial charge on any atom is -0.365 e. The summed E-state index contributed by atoms with van der Waals surface area (Å²) in [7, 11) is 0. The van der Waals surface area contributed by atoms with Crippen molar-refractivity contribution in [3.05, 3.63) is 36.7 Å². The van der Waals surface area contributed by atoms with Gasteiger partial charge in [0.2, 0.25) is 0 Å². The standard InChI is InChI=1S/C15H17N7/c1-10-4-12-13(6-18-10)22(9-19-12)15-8-17-7-14(21-15)20-11-2-3-16-5-11/h4,6-9,11,16H,2-3,5H2,1H3,(H,20,21). The number of hydrogen-bond acceptors (Lipinski definition) is 6. The van der Waals surface area contributed by atoms with E-state index in [1.165, 1.54) is 0 Å². The highest BCUT2D eigenvalue weighted by molar-refractivity contribution is 5.76. The van der Waals surface area contributed by atoms with E-state index in [1.807, 2.05) is 23.8 Å². The van der Waals surface area contributed by atoms with Crippen LogP contribution in [0.3, 0.4) is 0 Å². The van der Waals surface area contributed by atoms with Gasteiger partial charge in [-0.25, -0.2) is 9.97 Å². The number of aromatic nitrogens is 5. The summed E-state index contributed by atoms with van der Waals surface area (Å²) < 4.78 is 1.91. The summed E-state index contributed by atoms with van der Waals surface area (Å²) in [5.74, 6) is 1.53. The van der Waals surface area contributed by atoms with Gasteiger partial charge in [-0.3, -0.25) is 14.5 Å². The van der Waals surface area contributed by atoms with Crippen molar-refractivity contribution in [3.63, 3.8) is 0 Å². The van der Waals surface area contributed by atoms with Crippen molar-refractivity contribution in [3.8, 4) is 5.82 Å². The Balaban J connectivity index is 1.68. The minimum absolute atomic E-state index is 0.411. The molecule has 0 aromatic carbocycles. The first-order valence-electron chi connectivity index (χ1n) is 7.39. The van der Waals surface area contributed by atoms with Gasteiger partial charge in [-0.1, -0.05) is 0 Å². The number of pyridine rings is 1. The molecule has 1 aliphatic heterocycles. The van der Waals surface area contributed by atoms with Crippen molar-refractivity contribution >= 4 is 16.9 Å². The van der Waals surface area contributed by atoms with Crippen molar-refractivity contribution in [1.82, 2.24) is 29.8 Å². The lowest BCUT2D eigenvalue weighted by Gasteiger charge is -2.12. The second kappa shape index (κ2) is 5.34. The van der Waals surface area contributed by atoms with Crippen LogP contribution in [0.1, 0.15) is 12.1 Å². The van der Waals surface area contributed by atoms with Crippen LogP contribution in [0.5, 0.6) is 0 Å². The van der Waals surface area contributed by atoms with E-state index in [4.69, 9.17) is 0 Å². The first-order valence-corrected chi connectivity index (χ1v) is 7.39. The molecule has 0 saturated carbocycles. The molecule has 112 valence electrons. The zero-order chi connectivity index (χ0) is 14.9. The first-order chi connectivity index (χ1) is 10.8. The molecule has 1 fully saturated rings. The number of aryl methyl sites for hydroxylation is 1. The zero-order valence-electron chi connectivity index (χ0n) is 12.3. The van der Waals surface area contributed by atoms with Crippen LogP contribution in [0.2, 0.25) is 0 Å². The Kier molecular flexibility index (Phi) is 3.19. The summed E-state index contributed by atoms with van der Waals surface area (Å²) in [5, 5.41) is 6.74. The Hall–Kier alpha value is -2.54. The fraction of sp³-hybridized carbons (Fsp3) is 0.333. The molecule has 1 unspecified atom stereocenters. The molecule has 0 amide bonds. The van der Waals surface area contributed by atoms with E-state index in [1.54, 1.807) is 18.7 Å². The lowest BCUT2D eigenvalue weighted by molar-refractivity contribution is 0.785. The fourth-order valence-corrected chi connectivity index (χ4v) is 2.72. The van der Waals surface area contributed by atoms with E-state index < -0.39 is 0 Å². The van der Waals surface area contributed by atoms with E-state index in [0.717, 1.165) is 47.9 Å². The van der Waals surface area contributed by atoms with Gasteiger partial charge in [0.1, 0.15) is 12.1 Å². The van der Waals surface area contributed by atoms with Gasteiger partial charge in [-0.05, 0) is 26.0 Å². The fourth-order valence-electron chi connectivity index (χ4n) is 2.72. The van der Waals surface area contributed by atoms with Crippen molar-refractivity contribution in [2.75, 3.05) is 18.4 Å². The quantitative estimate of drug-likeness (QED) is 0.758. The van der Waals surface area contributed by atoms with Gasteiger partial charge in [0.15, 0.2) is 5.82 Å². The molecular weight excluding hydrogens is 278 g/mol. The third-order valence-electron chi connectivity index (χ3n) is 3.85. The molecule has 4 rings (SSSR count). The number of hydrogen-bond donors (Lipinski definition) is 2. The molecule has 1 aliphatic rings. The molecule has 3 aromatic rings. The Labute approximate surface area is 127 Å². The third kappa shape index (κ3) is 2.39. The van der Waals surface area contributed by atoms with E-state index in [9.17, 15) is 0 Å². The zero-order valence-corrected chi connectivity index (χ0v) is 12.3. The van der Waals surface area contributed by atoms with Crippen LogP contribution in [-0.4, -0.2) is 43.6 Å². The highest BCUT2D eigenvalue weighted by Crippen LogP contribution is 2.17. The number of anilines is 1. The average Bonchev–Trinajstić information content (AvgIpc) is 3.16. The van der Waals surface area contributed by atoms with Crippen molar-refractivity contribution in [2.24, 2.45) is 0 Å². The van der Waals surface area contributed by atoms with E-state index in [2.05, 4.69) is 30.6 Å². The van der Waals surface area contributed by atoms with Crippen LogP contribution in [-0.2, 0) is 0 Å². The molecule has 0 radical (unpaired) electrons. The summed E-state index contributed by atoms with van der Waals surface area (Å²) in [4.78, 5) is 17.7. The predicted octanol–water partition coefficient (Wildman–Crippen LogP) is 1.29. The number of imidazole rings is 1. The van der Waals surface area contributed by atoms with Crippen LogP contribution in [0.4, 0.5) is 5.82 Å². The Morgan fingerprint density at radius 2 is 2.23 bits per heavy atom. The second-order valence-electron chi connectivity index (χ2n) is 5.53. The van der Waals surface area contributed by atoms with Crippen LogP contribution in [0, 0.1) is 6.92 Å². The van der Waals surface area contributed by atoms with Gasteiger partial charge in [0, 0.05) is 18.3 Å². The lowest BCUT2D eigenvalue weighted by atomic mass is 10.3. The van der Waals surface area contributed by atoms with Crippen LogP contribution >= 0.6 is 0 Å².